The highest BCUT2D eigenvalue weighted by molar-refractivity contribution is 6.24. The number of imide groups is 1. The van der Waals surface area contributed by atoms with Crippen LogP contribution in [0.5, 0.6) is 0 Å². The van der Waals surface area contributed by atoms with Crippen LogP contribution < -0.4 is 16.0 Å². The maximum absolute atomic E-state index is 13.8. The lowest BCUT2D eigenvalue weighted by Gasteiger charge is -2.32. The van der Waals surface area contributed by atoms with Crippen molar-refractivity contribution in [2.24, 2.45) is 17.6 Å². The number of carbonyl (C=O) groups excluding carboxylic acids is 4. The van der Waals surface area contributed by atoms with Gasteiger partial charge in [-0.3, -0.25) is 24.5 Å². The molecule has 2 heterocycles. The third-order valence-electron chi connectivity index (χ3n) is 6.67. The molecule has 11 heteroatoms. The van der Waals surface area contributed by atoms with Crippen molar-refractivity contribution in [1.82, 2.24) is 4.90 Å². The van der Waals surface area contributed by atoms with Crippen LogP contribution in [-0.4, -0.2) is 39.6 Å². The van der Waals surface area contributed by atoms with Crippen molar-refractivity contribution >= 4 is 40.8 Å². The molecule has 37 heavy (non-hydrogen) atoms. The molecule has 11 nitrogen and oxygen atoms in total. The molecule has 0 aromatic heterocycles. The van der Waals surface area contributed by atoms with Gasteiger partial charge in [-0.05, 0) is 23.8 Å². The first-order chi connectivity index (χ1) is 17.8. The van der Waals surface area contributed by atoms with Gasteiger partial charge in [-0.1, -0.05) is 54.6 Å². The fourth-order valence-electron chi connectivity index (χ4n) is 5.19. The molecule has 186 valence electrons. The van der Waals surface area contributed by atoms with E-state index in [9.17, 15) is 29.3 Å². The summed E-state index contributed by atoms with van der Waals surface area (Å²) >= 11 is 0. The second-order valence-corrected chi connectivity index (χ2v) is 8.75. The van der Waals surface area contributed by atoms with E-state index >= 15 is 0 Å². The Balaban J connectivity index is 1.61. The Morgan fingerprint density at radius 1 is 0.865 bits per heavy atom. The molecule has 0 aliphatic carbocycles. The zero-order chi connectivity index (χ0) is 26.3. The topological polar surface area (TPSA) is 156 Å². The first-order valence-electron chi connectivity index (χ1n) is 11.4. The van der Waals surface area contributed by atoms with Crippen molar-refractivity contribution in [3.8, 4) is 0 Å². The van der Waals surface area contributed by atoms with Crippen LogP contribution in [0, 0.1) is 22.0 Å². The first-order valence-corrected chi connectivity index (χ1v) is 11.4. The van der Waals surface area contributed by atoms with Gasteiger partial charge < -0.3 is 16.0 Å². The van der Waals surface area contributed by atoms with Gasteiger partial charge in [0.05, 0.1) is 28.5 Å². The lowest BCUT2D eigenvalue weighted by molar-refractivity contribution is -0.384. The standard InChI is InChI=1S/C26H21N5O6/c27-23(32)22-20-19(24(33)29(25(20)34)17-12-7-13-18(14-17)31(36)37)21(15-8-3-1-4-9-15)30(22)26(35)28-16-10-5-2-6-11-16/h1-14,19-22H,(H2,27,32)(H,28,35). The largest absolute Gasteiger partial charge is 0.368 e. The Labute approximate surface area is 210 Å². The summed E-state index contributed by atoms with van der Waals surface area (Å²) < 4.78 is 0. The predicted molar refractivity (Wildman–Crippen MR) is 132 cm³/mol. The van der Waals surface area contributed by atoms with Crippen LogP contribution >= 0.6 is 0 Å². The molecular weight excluding hydrogens is 478 g/mol. The highest BCUT2D eigenvalue weighted by Crippen LogP contribution is 2.51. The number of nitro groups is 1. The summed E-state index contributed by atoms with van der Waals surface area (Å²) in [6.07, 6.45) is 0. The number of carbonyl (C=O) groups is 4. The average molecular weight is 499 g/mol. The van der Waals surface area contributed by atoms with Crippen molar-refractivity contribution < 1.29 is 24.1 Å². The smallest absolute Gasteiger partial charge is 0.323 e. The van der Waals surface area contributed by atoms with Crippen LogP contribution in [0.1, 0.15) is 11.6 Å². The number of likely N-dealkylation sites (tertiary alicyclic amines) is 1. The summed E-state index contributed by atoms with van der Waals surface area (Å²) in [6, 6.07) is 19.1. The van der Waals surface area contributed by atoms with Gasteiger partial charge in [-0.2, -0.15) is 0 Å². The van der Waals surface area contributed by atoms with Gasteiger partial charge in [-0.25, -0.2) is 9.69 Å². The SMILES string of the molecule is NC(=O)C1C2C(=O)N(c3cccc([N+](=O)[O-])c3)C(=O)C2C(c2ccccc2)N1C(=O)Nc1ccccc1. The number of amides is 5. The molecule has 0 spiro atoms. The third kappa shape index (κ3) is 3.96. The number of nitrogens with one attached hydrogen (secondary N) is 1. The van der Waals surface area contributed by atoms with Crippen molar-refractivity contribution in [1.29, 1.82) is 0 Å². The number of urea groups is 1. The van der Waals surface area contributed by atoms with Crippen LogP contribution in [-0.2, 0) is 14.4 Å². The fraction of sp³-hybridized carbons (Fsp3) is 0.154. The summed E-state index contributed by atoms with van der Waals surface area (Å²) in [6.45, 7) is 0. The molecule has 0 radical (unpaired) electrons. The number of rotatable bonds is 5. The summed E-state index contributed by atoms with van der Waals surface area (Å²) in [4.78, 5) is 66.4. The fourth-order valence-corrected chi connectivity index (χ4v) is 5.19. The van der Waals surface area contributed by atoms with Gasteiger partial charge in [0.15, 0.2) is 0 Å². The third-order valence-corrected chi connectivity index (χ3v) is 6.67. The van der Waals surface area contributed by atoms with Gasteiger partial charge in [0.1, 0.15) is 6.04 Å². The summed E-state index contributed by atoms with van der Waals surface area (Å²) in [5.41, 5.74) is 6.43. The molecular formula is C26H21N5O6. The van der Waals surface area contributed by atoms with E-state index in [-0.39, 0.29) is 11.4 Å². The van der Waals surface area contributed by atoms with E-state index in [0.717, 1.165) is 11.0 Å². The number of fused-ring (bicyclic) bond motifs is 1. The molecule has 0 bridgehead atoms. The Hall–Kier alpha value is -5.06. The highest BCUT2D eigenvalue weighted by Gasteiger charge is 2.65. The molecule has 4 unspecified atom stereocenters. The maximum atomic E-state index is 13.8. The monoisotopic (exact) mass is 499 g/mol. The molecule has 2 fully saturated rings. The Bertz CT molecular complexity index is 1410. The number of para-hydroxylation sites is 1. The van der Waals surface area contributed by atoms with Gasteiger partial charge in [0.25, 0.3) is 5.69 Å². The molecule has 3 aromatic rings. The van der Waals surface area contributed by atoms with Crippen molar-refractivity contribution in [2.45, 2.75) is 12.1 Å². The van der Waals surface area contributed by atoms with E-state index in [2.05, 4.69) is 5.32 Å². The normalized spacial score (nSPS) is 22.6. The van der Waals surface area contributed by atoms with E-state index in [4.69, 9.17) is 5.73 Å². The minimum absolute atomic E-state index is 0.00826. The number of non-ortho nitro benzene ring substituents is 1. The number of anilines is 2. The number of nitro benzene ring substituents is 1. The second-order valence-electron chi connectivity index (χ2n) is 8.75. The summed E-state index contributed by atoms with van der Waals surface area (Å²) in [5.74, 6) is -4.77. The van der Waals surface area contributed by atoms with E-state index < -0.39 is 52.6 Å². The molecule has 4 atom stereocenters. The maximum Gasteiger partial charge on any atom is 0.323 e. The Kier molecular flexibility index (Phi) is 5.88. The van der Waals surface area contributed by atoms with Crippen LogP contribution in [0.15, 0.2) is 84.9 Å². The summed E-state index contributed by atoms with van der Waals surface area (Å²) in [7, 11) is 0. The zero-order valence-corrected chi connectivity index (χ0v) is 19.3. The van der Waals surface area contributed by atoms with E-state index in [1.165, 1.54) is 23.1 Å². The van der Waals surface area contributed by atoms with Crippen LogP contribution in [0.4, 0.5) is 21.9 Å². The van der Waals surface area contributed by atoms with Gasteiger partial charge in [0.2, 0.25) is 17.7 Å². The minimum atomic E-state index is -1.43. The van der Waals surface area contributed by atoms with Crippen molar-refractivity contribution in [3.63, 3.8) is 0 Å². The molecule has 3 aromatic carbocycles. The molecule has 5 rings (SSSR count). The Morgan fingerprint density at radius 3 is 2.11 bits per heavy atom. The van der Waals surface area contributed by atoms with E-state index in [1.54, 1.807) is 60.7 Å². The van der Waals surface area contributed by atoms with Crippen molar-refractivity contribution in [3.05, 3.63) is 101 Å². The molecule has 0 saturated carbocycles. The lowest BCUT2D eigenvalue weighted by atomic mass is 9.86. The number of benzene rings is 3. The number of primary amides is 1. The van der Waals surface area contributed by atoms with E-state index in [1.807, 2.05) is 0 Å². The van der Waals surface area contributed by atoms with Gasteiger partial charge in [-0.15, -0.1) is 0 Å². The van der Waals surface area contributed by atoms with Crippen LogP contribution in [0.25, 0.3) is 0 Å². The lowest BCUT2D eigenvalue weighted by Crippen LogP contribution is -2.51. The Morgan fingerprint density at radius 2 is 1.49 bits per heavy atom. The molecule has 2 aliphatic heterocycles. The molecule has 2 saturated heterocycles. The van der Waals surface area contributed by atoms with Crippen LogP contribution in [0.3, 0.4) is 0 Å². The van der Waals surface area contributed by atoms with E-state index in [0.29, 0.717) is 11.3 Å². The number of nitrogens with zero attached hydrogens (tertiary/aromatic N) is 3. The van der Waals surface area contributed by atoms with Crippen LogP contribution in [0.2, 0.25) is 0 Å². The quantitative estimate of drug-likeness (QED) is 0.312. The second kappa shape index (κ2) is 9.19. The van der Waals surface area contributed by atoms with Crippen molar-refractivity contribution in [2.75, 3.05) is 10.2 Å². The molecule has 3 N–H and O–H groups in total. The number of hydrogen-bond donors (Lipinski definition) is 2. The summed E-state index contributed by atoms with van der Waals surface area (Å²) in [5, 5.41) is 14.0. The molecule has 2 aliphatic rings. The molecule has 5 amide bonds. The number of nitrogens with two attached hydrogens (primary N) is 1. The van der Waals surface area contributed by atoms with Gasteiger partial charge in [0, 0.05) is 17.8 Å². The van der Waals surface area contributed by atoms with Gasteiger partial charge >= 0.3 is 6.03 Å². The first kappa shape index (κ1) is 23.7. The zero-order valence-electron chi connectivity index (χ0n) is 19.3. The number of hydrogen-bond acceptors (Lipinski definition) is 6. The average Bonchev–Trinajstić information content (AvgIpc) is 3.38. The highest BCUT2D eigenvalue weighted by atomic mass is 16.6. The predicted octanol–water partition coefficient (Wildman–Crippen LogP) is 2.84. The minimum Gasteiger partial charge on any atom is -0.368 e.